The number of nitrogens with zero attached hydrogens (tertiary/aromatic N) is 3. The van der Waals surface area contributed by atoms with E-state index in [4.69, 9.17) is 18.1 Å². The van der Waals surface area contributed by atoms with E-state index in [2.05, 4.69) is 38.8 Å². The van der Waals surface area contributed by atoms with E-state index in [9.17, 15) is 23.7 Å². The second-order valence-corrected chi connectivity index (χ2v) is 16.4. The van der Waals surface area contributed by atoms with Crippen LogP contribution < -0.4 is 9.87 Å². The molecule has 0 radical (unpaired) electrons. The first-order chi connectivity index (χ1) is 18.1. The molecule has 1 aliphatic heterocycles. The minimum Gasteiger partial charge on any atom is -0.411 e. The fourth-order valence-electron chi connectivity index (χ4n) is 4.15. The van der Waals surface area contributed by atoms with Crippen LogP contribution in [-0.4, -0.2) is 43.8 Å². The van der Waals surface area contributed by atoms with Crippen molar-refractivity contribution in [2.75, 3.05) is 0 Å². The topological polar surface area (TPSA) is 152 Å². The molecular formula is C25H37N3O9SSi. The normalized spacial score (nSPS) is 21.5. The quantitative estimate of drug-likeness (QED) is 0.165. The molecule has 1 fully saturated rings. The molecule has 0 saturated carbocycles. The van der Waals surface area contributed by atoms with Gasteiger partial charge < -0.3 is 18.1 Å². The van der Waals surface area contributed by atoms with Gasteiger partial charge in [-0.05, 0) is 37.5 Å². The number of rotatable bonds is 11. The number of benzene rings is 1. The highest BCUT2D eigenvalue weighted by Gasteiger charge is 2.44. The molecule has 14 heteroatoms. The van der Waals surface area contributed by atoms with E-state index in [1.165, 1.54) is 16.8 Å². The molecule has 0 bridgehead atoms. The summed E-state index contributed by atoms with van der Waals surface area (Å²) in [7, 11) is -2.11. The van der Waals surface area contributed by atoms with E-state index in [0.717, 1.165) is 0 Å². The van der Waals surface area contributed by atoms with Crippen molar-refractivity contribution in [1.82, 2.24) is 9.55 Å². The van der Waals surface area contributed by atoms with E-state index in [-0.39, 0.29) is 41.0 Å². The molecular weight excluding hydrogens is 546 g/mol. The Hall–Kier alpha value is -2.49. The number of hydrogen-bond donors (Lipinski definition) is 1. The molecule has 216 valence electrons. The highest BCUT2D eigenvalue weighted by molar-refractivity contribution is 7.74. The molecule has 5 atom stereocenters. The van der Waals surface area contributed by atoms with Crippen molar-refractivity contribution in [3.63, 3.8) is 0 Å². The number of hydrogen-bond acceptors (Lipinski definition) is 9. The van der Waals surface area contributed by atoms with Gasteiger partial charge in [0.15, 0.2) is 8.32 Å². The number of aromatic nitrogens is 2. The molecule has 1 aromatic carbocycles. The molecule has 1 N–H and O–H groups in total. The second-order valence-electron chi connectivity index (χ2n) is 11.0. The third-order valence-electron chi connectivity index (χ3n) is 7.34. The molecule has 12 nitrogen and oxygen atoms in total. The van der Waals surface area contributed by atoms with Crippen LogP contribution >= 0.6 is 0 Å². The second kappa shape index (κ2) is 12.4. The predicted octanol–water partition coefficient (Wildman–Crippen LogP) is 5.03. The highest BCUT2D eigenvalue weighted by atomic mass is 32.2. The summed E-state index contributed by atoms with van der Waals surface area (Å²) in [5.41, 5.74) is -0.266. The lowest BCUT2D eigenvalue weighted by molar-refractivity contribution is -0.386. The van der Waals surface area contributed by atoms with Crippen LogP contribution in [0, 0.1) is 10.1 Å². The zero-order valence-corrected chi connectivity index (χ0v) is 25.1. The zero-order valence-electron chi connectivity index (χ0n) is 23.3. The molecule has 2 aromatic rings. The van der Waals surface area contributed by atoms with Crippen molar-refractivity contribution in [3.05, 3.63) is 62.2 Å². The predicted molar refractivity (Wildman–Crippen MR) is 147 cm³/mol. The lowest BCUT2D eigenvalue weighted by Crippen LogP contribution is -2.45. The molecule has 0 amide bonds. The maximum Gasteiger partial charge on any atom is 0.359 e. The summed E-state index contributed by atoms with van der Waals surface area (Å²) in [6.07, 6.45) is 0.703. The van der Waals surface area contributed by atoms with Gasteiger partial charge >= 0.3 is 17.1 Å². The van der Waals surface area contributed by atoms with Gasteiger partial charge in [-0.25, -0.2) is 4.79 Å². The van der Waals surface area contributed by atoms with E-state index >= 15 is 0 Å². The molecule has 39 heavy (non-hydrogen) atoms. The SMILES string of the molecule is CC[C@H]1O[C@@H](n2cc(COC(C)c3ccccc3[N+](=O)[O-])c(OS(=O)O)nc2=O)C[C@H]1O[Si](C)(C)C(C)(C)C. The summed E-state index contributed by atoms with van der Waals surface area (Å²) in [6.45, 7) is 14.2. The Labute approximate surface area is 231 Å². The lowest BCUT2D eigenvalue weighted by atomic mass is 10.1. The van der Waals surface area contributed by atoms with Gasteiger partial charge in [-0.1, -0.05) is 39.8 Å². The molecule has 2 unspecified atom stereocenters. The molecule has 3 rings (SSSR count). The first-order valence-electron chi connectivity index (χ1n) is 12.7. The van der Waals surface area contributed by atoms with Crippen LogP contribution in [0.3, 0.4) is 0 Å². The smallest absolute Gasteiger partial charge is 0.359 e. The standard InChI is InChI=1S/C25H37N3O9SSi/c1-8-20-21(37-39(6,7)25(3,4)5)13-22(35-20)27-14-17(23(26-24(27)29)36-38(32)33)15-34-16(2)18-11-9-10-12-19(18)28(30)31/h9-12,14,16,20-22H,8,13,15H2,1-7H3,(H,32,33)/t16?,20-,21-,22-/m1/s1. The lowest BCUT2D eigenvalue weighted by Gasteiger charge is -2.39. The number of para-hydroxylation sites is 1. The van der Waals surface area contributed by atoms with Gasteiger partial charge in [-0.2, -0.15) is 9.19 Å². The fourth-order valence-corrected chi connectivity index (χ4v) is 5.79. The molecule has 1 aromatic heterocycles. The zero-order chi connectivity index (χ0) is 29.1. The fraction of sp³-hybridized carbons (Fsp3) is 0.600. The Morgan fingerprint density at radius 1 is 1.33 bits per heavy atom. The third kappa shape index (κ3) is 7.38. The van der Waals surface area contributed by atoms with E-state index < -0.39 is 42.6 Å². The van der Waals surface area contributed by atoms with Crippen LogP contribution in [0.15, 0.2) is 35.3 Å². The van der Waals surface area contributed by atoms with Crippen molar-refractivity contribution in [2.45, 2.75) is 96.7 Å². The maximum absolute atomic E-state index is 12.9. The first-order valence-corrected chi connectivity index (χ1v) is 16.7. The largest absolute Gasteiger partial charge is 0.411 e. The van der Waals surface area contributed by atoms with Gasteiger partial charge in [0.05, 0.1) is 41.0 Å². The monoisotopic (exact) mass is 583 g/mol. The van der Waals surface area contributed by atoms with E-state index in [0.29, 0.717) is 18.4 Å². The van der Waals surface area contributed by atoms with E-state index in [1.54, 1.807) is 25.1 Å². The van der Waals surface area contributed by atoms with Crippen molar-refractivity contribution in [2.24, 2.45) is 0 Å². The van der Waals surface area contributed by atoms with Crippen molar-refractivity contribution >= 4 is 25.4 Å². The molecule has 0 aliphatic carbocycles. The highest BCUT2D eigenvalue weighted by Crippen LogP contribution is 2.41. The summed E-state index contributed by atoms with van der Waals surface area (Å²) >= 11 is -2.74. The van der Waals surface area contributed by atoms with Crippen LogP contribution in [0.2, 0.25) is 18.1 Å². The Bertz CT molecular complexity index is 1260. The number of nitro groups is 1. The minimum atomic E-state index is -2.74. The molecule has 1 saturated heterocycles. The number of ether oxygens (including phenoxy) is 2. The van der Waals surface area contributed by atoms with Crippen molar-refractivity contribution < 1.29 is 31.8 Å². The van der Waals surface area contributed by atoms with Gasteiger partial charge in [0, 0.05) is 18.7 Å². The summed E-state index contributed by atoms with van der Waals surface area (Å²) in [4.78, 5) is 27.8. The van der Waals surface area contributed by atoms with Crippen LogP contribution in [0.1, 0.15) is 70.9 Å². The van der Waals surface area contributed by atoms with Crippen LogP contribution in [-0.2, 0) is 31.9 Å². The van der Waals surface area contributed by atoms with Gasteiger partial charge in [0.2, 0.25) is 5.88 Å². The third-order valence-corrected chi connectivity index (χ3v) is 12.1. The maximum atomic E-state index is 12.9. The Morgan fingerprint density at radius 3 is 2.59 bits per heavy atom. The van der Waals surface area contributed by atoms with Crippen LogP contribution in [0.5, 0.6) is 5.88 Å². The van der Waals surface area contributed by atoms with Gasteiger partial charge in [-0.15, -0.1) is 0 Å². The van der Waals surface area contributed by atoms with Crippen molar-refractivity contribution in [3.8, 4) is 5.88 Å². The molecule has 0 spiro atoms. The average molecular weight is 584 g/mol. The van der Waals surface area contributed by atoms with Crippen LogP contribution in [0.4, 0.5) is 5.69 Å². The van der Waals surface area contributed by atoms with Crippen molar-refractivity contribution in [1.29, 1.82) is 0 Å². The molecule has 2 heterocycles. The Balaban J connectivity index is 1.89. The van der Waals surface area contributed by atoms with Gasteiger partial charge in [0.25, 0.3) is 5.69 Å². The van der Waals surface area contributed by atoms with E-state index in [1.807, 2.05) is 6.92 Å². The Kier molecular flexibility index (Phi) is 9.83. The summed E-state index contributed by atoms with van der Waals surface area (Å²) in [5.74, 6) is -0.369. The van der Waals surface area contributed by atoms with Crippen LogP contribution in [0.25, 0.3) is 0 Å². The summed E-state index contributed by atoms with van der Waals surface area (Å²) < 4.78 is 45.5. The number of nitro benzene ring substituents is 1. The summed E-state index contributed by atoms with van der Waals surface area (Å²) in [5, 5.41) is 11.4. The van der Waals surface area contributed by atoms with Gasteiger partial charge in [0.1, 0.15) is 6.23 Å². The summed E-state index contributed by atoms with van der Waals surface area (Å²) in [6, 6.07) is 6.19. The first kappa shape index (κ1) is 31.0. The molecule has 1 aliphatic rings. The van der Waals surface area contributed by atoms with Gasteiger partial charge in [-0.3, -0.25) is 19.2 Å². The minimum absolute atomic E-state index is 0.00424. The Morgan fingerprint density at radius 2 is 2.00 bits per heavy atom. The average Bonchev–Trinajstić information content (AvgIpc) is 3.23.